The zero-order valence-corrected chi connectivity index (χ0v) is 13.0. The molecule has 0 spiro atoms. The Morgan fingerprint density at radius 2 is 1.88 bits per heavy atom. The lowest BCUT2D eigenvalue weighted by molar-refractivity contribution is -0.122. The smallest absolute Gasteiger partial charge is 0.337 e. The number of carbonyl (C=O) groups is 2. The summed E-state index contributed by atoms with van der Waals surface area (Å²) in [6.07, 6.45) is -0.970. The predicted molar refractivity (Wildman–Crippen MR) is 82.9 cm³/mol. The third kappa shape index (κ3) is 4.28. The molecule has 1 N–H and O–H groups in total. The molecule has 0 bridgehead atoms. The number of nitrogens with one attached hydrogen (secondary N) is 1. The van der Waals surface area contributed by atoms with Gasteiger partial charge < -0.3 is 14.8 Å². The molecule has 0 aromatic heterocycles. The molecule has 0 aliphatic heterocycles. The summed E-state index contributed by atoms with van der Waals surface area (Å²) in [6, 6.07) is 8.92. The van der Waals surface area contributed by atoms with Crippen LogP contribution in [0.5, 0.6) is 5.75 Å². The fourth-order valence-corrected chi connectivity index (χ4v) is 1.90. The highest BCUT2D eigenvalue weighted by Gasteiger charge is 2.17. The Hall–Kier alpha value is -2.96. The Labute approximate surface area is 137 Å². The fourth-order valence-electron chi connectivity index (χ4n) is 1.90. The van der Waals surface area contributed by atoms with Crippen molar-refractivity contribution in [2.75, 3.05) is 12.4 Å². The van der Waals surface area contributed by atoms with Gasteiger partial charge in [0.2, 0.25) is 0 Å². The lowest BCUT2D eigenvalue weighted by Gasteiger charge is -2.15. The average Bonchev–Trinajstić information content (AvgIpc) is 2.56. The molecule has 0 unspecified atom stereocenters. The molecule has 7 heteroatoms. The van der Waals surface area contributed by atoms with Gasteiger partial charge in [-0.25, -0.2) is 13.6 Å². The highest BCUT2D eigenvalue weighted by atomic mass is 19.1. The molecular formula is C17H15F2NO4. The van der Waals surface area contributed by atoms with E-state index in [4.69, 9.17) is 4.74 Å². The summed E-state index contributed by atoms with van der Waals surface area (Å²) in [5, 5.41) is 2.31. The molecule has 1 atom stereocenters. The van der Waals surface area contributed by atoms with E-state index in [-0.39, 0.29) is 17.0 Å². The molecule has 0 saturated heterocycles. The van der Waals surface area contributed by atoms with Gasteiger partial charge in [-0.1, -0.05) is 6.07 Å². The predicted octanol–water partition coefficient (Wildman–Crippen LogP) is 3.16. The number of hydrogen-bond acceptors (Lipinski definition) is 4. The molecule has 0 fully saturated rings. The van der Waals surface area contributed by atoms with Crippen molar-refractivity contribution in [3.8, 4) is 5.75 Å². The maximum atomic E-state index is 13.5. The number of amides is 1. The van der Waals surface area contributed by atoms with Crippen LogP contribution in [0.25, 0.3) is 0 Å². The van der Waals surface area contributed by atoms with E-state index in [1.54, 1.807) is 12.1 Å². The number of esters is 1. The lowest BCUT2D eigenvalue weighted by atomic mass is 10.2. The first-order valence-electron chi connectivity index (χ1n) is 7.01. The van der Waals surface area contributed by atoms with Crippen molar-refractivity contribution in [1.82, 2.24) is 0 Å². The molecule has 0 aliphatic rings. The number of ether oxygens (including phenoxy) is 2. The molecule has 0 heterocycles. The summed E-state index contributed by atoms with van der Waals surface area (Å²) in [5.41, 5.74) is 0.118. The Morgan fingerprint density at radius 3 is 2.54 bits per heavy atom. The summed E-state index contributed by atoms with van der Waals surface area (Å²) < 4.78 is 36.4. The van der Waals surface area contributed by atoms with Crippen LogP contribution in [0.4, 0.5) is 14.5 Å². The average molecular weight is 335 g/mol. The fraction of sp³-hybridized carbons (Fsp3) is 0.176. The van der Waals surface area contributed by atoms with Crippen LogP contribution in [0, 0.1) is 11.6 Å². The summed E-state index contributed by atoms with van der Waals surface area (Å²) >= 11 is 0. The molecule has 24 heavy (non-hydrogen) atoms. The van der Waals surface area contributed by atoms with Crippen LogP contribution in [0.15, 0.2) is 42.5 Å². The van der Waals surface area contributed by atoms with Crippen LogP contribution in [0.2, 0.25) is 0 Å². The van der Waals surface area contributed by atoms with Crippen molar-refractivity contribution in [1.29, 1.82) is 0 Å². The Kier molecular flexibility index (Phi) is 5.47. The largest absolute Gasteiger partial charge is 0.481 e. The second-order valence-electron chi connectivity index (χ2n) is 4.89. The van der Waals surface area contributed by atoms with Gasteiger partial charge in [0.05, 0.1) is 18.4 Å². The number of anilines is 1. The third-order valence-corrected chi connectivity index (χ3v) is 3.13. The minimum Gasteiger partial charge on any atom is -0.481 e. The first-order valence-corrected chi connectivity index (χ1v) is 7.01. The van der Waals surface area contributed by atoms with Gasteiger partial charge in [-0.3, -0.25) is 4.79 Å². The normalized spacial score (nSPS) is 11.5. The van der Waals surface area contributed by atoms with E-state index in [0.29, 0.717) is 6.07 Å². The van der Waals surface area contributed by atoms with Crippen LogP contribution in [-0.2, 0) is 9.53 Å². The second kappa shape index (κ2) is 7.54. The van der Waals surface area contributed by atoms with Crippen LogP contribution in [-0.4, -0.2) is 25.1 Å². The van der Waals surface area contributed by atoms with Gasteiger partial charge in [-0.2, -0.15) is 0 Å². The van der Waals surface area contributed by atoms with E-state index >= 15 is 0 Å². The third-order valence-electron chi connectivity index (χ3n) is 3.13. The van der Waals surface area contributed by atoms with Gasteiger partial charge in [0.25, 0.3) is 5.91 Å². The molecule has 0 radical (unpaired) electrons. The summed E-state index contributed by atoms with van der Waals surface area (Å²) in [6.45, 7) is 1.46. The Bertz CT molecular complexity index is 764. The number of benzene rings is 2. The number of halogens is 2. The molecule has 2 rings (SSSR count). The quantitative estimate of drug-likeness (QED) is 0.853. The van der Waals surface area contributed by atoms with Gasteiger partial charge in [0.1, 0.15) is 17.4 Å². The maximum Gasteiger partial charge on any atom is 0.337 e. The molecule has 126 valence electrons. The van der Waals surface area contributed by atoms with Gasteiger partial charge in [0, 0.05) is 6.07 Å². The Balaban J connectivity index is 2.05. The molecule has 1 amide bonds. The highest BCUT2D eigenvalue weighted by Crippen LogP contribution is 2.18. The van der Waals surface area contributed by atoms with Gasteiger partial charge >= 0.3 is 5.97 Å². The minimum atomic E-state index is -0.970. The molecule has 0 aliphatic carbocycles. The van der Waals surface area contributed by atoms with Crippen molar-refractivity contribution in [3.63, 3.8) is 0 Å². The van der Waals surface area contributed by atoms with Crippen molar-refractivity contribution in [2.45, 2.75) is 13.0 Å². The summed E-state index contributed by atoms with van der Waals surface area (Å²) in [5.74, 6) is -2.51. The number of hydrogen-bond donors (Lipinski definition) is 1. The van der Waals surface area contributed by atoms with Gasteiger partial charge in [0.15, 0.2) is 6.10 Å². The molecule has 0 saturated carbocycles. The van der Waals surface area contributed by atoms with Crippen molar-refractivity contribution < 1.29 is 27.8 Å². The van der Waals surface area contributed by atoms with E-state index in [0.717, 1.165) is 12.1 Å². The van der Waals surface area contributed by atoms with Crippen LogP contribution < -0.4 is 10.1 Å². The standard InChI is InChI=1S/C17H15F2NO4/c1-10(16(21)20-15-7-6-12(18)9-14(15)19)24-13-5-3-4-11(8-13)17(22)23-2/h3-10H,1-2H3,(H,20,21)/t10-/m0/s1. The maximum absolute atomic E-state index is 13.5. The number of carbonyl (C=O) groups excluding carboxylic acids is 2. The number of methoxy groups -OCH3 is 1. The molecule has 2 aromatic rings. The SMILES string of the molecule is COC(=O)c1cccc(O[C@@H](C)C(=O)Nc2ccc(F)cc2F)c1. The highest BCUT2D eigenvalue weighted by molar-refractivity contribution is 5.94. The monoisotopic (exact) mass is 335 g/mol. The van der Waals surface area contributed by atoms with Crippen LogP contribution in [0.3, 0.4) is 0 Å². The first kappa shape index (κ1) is 17.4. The Morgan fingerprint density at radius 1 is 1.12 bits per heavy atom. The van der Waals surface area contributed by atoms with E-state index in [2.05, 4.69) is 10.1 Å². The van der Waals surface area contributed by atoms with Crippen molar-refractivity contribution in [2.24, 2.45) is 0 Å². The molecule has 5 nitrogen and oxygen atoms in total. The van der Waals surface area contributed by atoms with Crippen LogP contribution in [0.1, 0.15) is 17.3 Å². The topological polar surface area (TPSA) is 64.6 Å². The zero-order valence-electron chi connectivity index (χ0n) is 13.0. The zero-order chi connectivity index (χ0) is 17.7. The van der Waals surface area contributed by atoms with Crippen molar-refractivity contribution in [3.05, 3.63) is 59.7 Å². The van der Waals surface area contributed by atoms with E-state index in [1.165, 1.54) is 26.2 Å². The number of rotatable bonds is 5. The lowest BCUT2D eigenvalue weighted by Crippen LogP contribution is -2.30. The van der Waals surface area contributed by atoms with Gasteiger partial charge in [-0.05, 0) is 37.3 Å². The van der Waals surface area contributed by atoms with E-state index in [1.807, 2.05) is 0 Å². The van der Waals surface area contributed by atoms with Gasteiger partial charge in [-0.15, -0.1) is 0 Å². The summed E-state index contributed by atoms with van der Waals surface area (Å²) in [4.78, 5) is 23.5. The molecule has 2 aromatic carbocycles. The second-order valence-corrected chi connectivity index (χ2v) is 4.89. The van der Waals surface area contributed by atoms with Crippen molar-refractivity contribution >= 4 is 17.6 Å². The van der Waals surface area contributed by atoms with E-state index < -0.39 is 29.6 Å². The minimum absolute atomic E-state index is 0.153. The van der Waals surface area contributed by atoms with Crippen LogP contribution >= 0.6 is 0 Å². The molecular weight excluding hydrogens is 320 g/mol. The van der Waals surface area contributed by atoms with E-state index in [9.17, 15) is 18.4 Å². The first-order chi connectivity index (χ1) is 11.4. The summed E-state index contributed by atoms with van der Waals surface area (Å²) in [7, 11) is 1.25.